The molecule has 0 spiro atoms. The van der Waals surface area contributed by atoms with Crippen LogP contribution in [-0.2, 0) is 12.8 Å². The van der Waals surface area contributed by atoms with E-state index in [1.54, 1.807) is 18.2 Å². The number of anilines is 1. The van der Waals surface area contributed by atoms with Crippen LogP contribution in [0.4, 0.5) is 11.5 Å². The molecule has 1 aromatic carbocycles. The zero-order valence-electron chi connectivity index (χ0n) is 11.6. The molecule has 0 fully saturated rings. The highest BCUT2D eigenvalue weighted by molar-refractivity contribution is 5.69. The van der Waals surface area contributed by atoms with Crippen molar-refractivity contribution in [2.45, 2.75) is 32.1 Å². The van der Waals surface area contributed by atoms with Crippen LogP contribution in [0.25, 0.3) is 11.4 Å². The van der Waals surface area contributed by atoms with Crippen molar-refractivity contribution in [3.05, 3.63) is 45.6 Å². The standard InChI is InChI=1S/C15H16N4O2/c16-14-10-6-2-1-3-8-12(10)17-15(18-14)11-7-4-5-9-13(11)19(20)21/h4-5,7,9H,1-3,6,8H2,(H2,16,17,18). The van der Waals surface area contributed by atoms with Gasteiger partial charge < -0.3 is 5.73 Å². The molecule has 1 aromatic heterocycles. The lowest BCUT2D eigenvalue weighted by molar-refractivity contribution is -0.384. The number of aromatic nitrogens is 2. The Balaban J connectivity index is 2.14. The molecule has 0 saturated carbocycles. The highest BCUT2D eigenvalue weighted by Gasteiger charge is 2.20. The predicted molar refractivity (Wildman–Crippen MR) is 79.8 cm³/mol. The summed E-state index contributed by atoms with van der Waals surface area (Å²) < 4.78 is 0. The summed E-state index contributed by atoms with van der Waals surface area (Å²) in [6, 6.07) is 6.50. The Kier molecular flexibility index (Phi) is 3.51. The van der Waals surface area contributed by atoms with Gasteiger partial charge in [0, 0.05) is 17.3 Å². The molecule has 2 aromatic rings. The molecular formula is C15H16N4O2. The first kappa shape index (κ1) is 13.5. The number of para-hydroxylation sites is 1. The maximum Gasteiger partial charge on any atom is 0.280 e. The Hall–Kier alpha value is -2.50. The Morgan fingerprint density at radius 1 is 1.10 bits per heavy atom. The van der Waals surface area contributed by atoms with E-state index in [0.717, 1.165) is 43.4 Å². The molecule has 0 saturated heterocycles. The molecule has 0 amide bonds. The zero-order valence-corrected chi connectivity index (χ0v) is 11.6. The molecule has 1 aliphatic rings. The largest absolute Gasteiger partial charge is 0.383 e. The molecule has 3 rings (SSSR count). The van der Waals surface area contributed by atoms with Gasteiger partial charge in [0.05, 0.1) is 10.5 Å². The third kappa shape index (κ3) is 2.56. The number of nitrogen functional groups attached to an aromatic ring is 1. The Morgan fingerprint density at radius 2 is 1.86 bits per heavy atom. The van der Waals surface area contributed by atoms with Crippen molar-refractivity contribution in [1.82, 2.24) is 9.97 Å². The van der Waals surface area contributed by atoms with E-state index in [9.17, 15) is 10.1 Å². The highest BCUT2D eigenvalue weighted by Crippen LogP contribution is 2.30. The van der Waals surface area contributed by atoms with E-state index in [4.69, 9.17) is 5.73 Å². The van der Waals surface area contributed by atoms with Crippen LogP contribution >= 0.6 is 0 Å². The summed E-state index contributed by atoms with van der Waals surface area (Å²) in [5.41, 5.74) is 8.42. The first-order valence-electron chi connectivity index (χ1n) is 7.06. The fraction of sp³-hybridized carbons (Fsp3) is 0.333. The Labute approximate surface area is 122 Å². The fourth-order valence-electron chi connectivity index (χ4n) is 2.74. The van der Waals surface area contributed by atoms with Gasteiger partial charge in [-0.3, -0.25) is 10.1 Å². The molecule has 0 radical (unpaired) electrons. The van der Waals surface area contributed by atoms with Crippen LogP contribution in [0.3, 0.4) is 0 Å². The van der Waals surface area contributed by atoms with Crippen LogP contribution < -0.4 is 5.73 Å². The molecule has 108 valence electrons. The van der Waals surface area contributed by atoms with Crippen LogP contribution in [0.1, 0.15) is 30.5 Å². The van der Waals surface area contributed by atoms with Gasteiger partial charge in [-0.05, 0) is 31.7 Å². The number of rotatable bonds is 2. The fourth-order valence-corrected chi connectivity index (χ4v) is 2.74. The number of aryl methyl sites for hydroxylation is 1. The SMILES string of the molecule is Nc1nc(-c2ccccc2[N+](=O)[O-])nc2c1CCCCC2. The minimum atomic E-state index is -0.416. The Bertz CT molecular complexity index is 700. The number of nitro benzene ring substituents is 1. The first-order chi connectivity index (χ1) is 10.2. The molecule has 6 heteroatoms. The lowest BCUT2D eigenvalue weighted by atomic mass is 10.1. The average Bonchev–Trinajstić information content (AvgIpc) is 2.73. The number of nitro groups is 1. The van der Waals surface area contributed by atoms with Crippen LogP contribution in [0.5, 0.6) is 0 Å². The number of hydrogen-bond donors (Lipinski definition) is 1. The molecule has 0 atom stereocenters. The predicted octanol–water partition coefficient (Wildman–Crippen LogP) is 2.90. The van der Waals surface area contributed by atoms with Crippen LogP contribution in [0.2, 0.25) is 0 Å². The second-order valence-corrected chi connectivity index (χ2v) is 5.19. The van der Waals surface area contributed by atoms with Crippen LogP contribution in [0.15, 0.2) is 24.3 Å². The van der Waals surface area contributed by atoms with Gasteiger partial charge in [0.1, 0.15) is 5.82 Å². The number of nitrogens with zero attached hydrogens (tertiary/aromatic N) is 3. The quantitative estimate of drug-likeness (QED) is 0.519. The zero-order chi connectivity index (χ0) is 14.8. The summed E-state index contributed by atoms with van der Waals surface area (Å²) in [6.07, 6.45) is 5.05. The lowest BCUT2D eigenvalue weighted by Crippen LogP contribution is -2.07. The van der Waals surface area contributed by atoms with Gasteiger partial charge in [0.15, 0.2) is 5.82 Å². The summed E-state index contributed by atoms with van der Waals surface area (Å²) in [5.74, 6) is 0.801. The second-order valence-electron chi connectivity index (χ2n) is 5.19. The van der Waals surface area contributed by atoms with E-state index < -0.39 is 4.92 Å². The third-order valence-corrected chi connectivity index (χ3v) is 3.81. The number of hydrogen-bond acceptors (Lipinski definition) is 5. The molecule has 0 aliphatic heterocycles. The van der Waals surface area contributed by atoms with Gasteiger partial charge in [0.25, 0.3) is 5.69 Å². The van der Waals surface area contributed by atoms with Gasteiger partial charge in [0.2, 0.25) is 0 Å². The smallest absolute Gasteiger partial charge is 0.280 e. The topological polar surface area (TPSA) is 94.9 Å². The van der Waals surface area contributed by atoms with Gasteiger partial charge in [-0.2, -0.15) is 0 Å². The maximum atomic E-state index is 11.1. The lowest BCUT2D eigenvalue weighted by Gasteiger charge is -2.10. The number of nitrogens with two attached hydrogens (primary N) is 1. The molecule has 1 aliphatic carbocycles. The summed E-state index contributed by atoms with van der Waals surface area (Å²) in [4.78, 5) is 19.6. The van der Waals surface area contributed by atoms with Crippen molar-refractivity contribution in [2.24, 2.45) is 0 Å². The highest BCUT2D eigenvalue weighted by atomic mass is 16.6. The molecule has 6 nitrogen and oxygen atoms in total. The maximum absolute atomic E-state index is 11.1. The van der Waals surface area contributed by atoms with E-state index in [0.29, 0.717) is 17.2 Å². The van der Waals surface area contributed by atoms with E-state index in [1.165, 1.54) is 6.07 Å². The van der Waals surface area contributed by atoms with Gasteiger partial charge in [-0.25, -0.2) is 9.97 Å². The number of fused-ring (bicyclic) bond motifs is 1. The molecule has 21 heavy (non-hydrogen) atoms. The normalized spacial score (nSPS) is 14.3. The summed E-state index contributed by atoms with van der Waals surface area (Å²) in [6.45, 7) is 0. The average molecular weight is 284 g/mol. The monoisotopic (exact) mass is 284 g/mol. The van der Waals surface area contributed by atoms with E-state index in [-0.39, 0.29) is 5.69 Å². The molecular weight excluding hydrogens is 268 g/mol. The molecule has 0 unspecified atom stereocenters. The van der Waals surface area contributed by atoms with E-state index in [1.807, 2.05) is 0 Å². The van der Waals surface area contributed by atoms with Crippen molar-refractivity contribution in [3.63, 3.8) is 0 Å². The minimum absolute atomic E-state index is 0.00507. The van der Waals surface area contributed by atoms with Crippen LogP contribution in [-0.4, -0.2) is 14.9 Å². The molecule has 1 heterocycles. The number of benzene rings is 1. The van der Waals surface area contributed by atoms with Gasteiger partial charge >= 0.3 is 0 Å². The van der Waals surface area contributed by atoms with Crippen molar-refractivity contribution in [1.29, 1.82) is 0 Å². The molecule has 0 bridgehead atoms. The van der Waals surface area contributed by atoms with Gasteiger partial charge in [-0.1, -0.05) is 18.6 Å². The Morgan fingerprint density at radius 3 is 2.67 bits per heavy atom. The van der Waals surface area contributed by atoms with Crippen molar-refractivity contribution >= 4 is 11.5 Å². The summed E-state index contributed by atoms with van der Waals surface area (Å²) in [7, 11) is 0. The van der Waals surface area contributed by atoms with Crippen molar-refractivity contribution in [2.75, 3.05) is 5.73 Å². The second kappa shape index (κ2) is 5.47. The summed E-state index contributed by atoms with van der Waals surface area (Å²) >= 11 is 0. The minimum Gasteiger partial charge on any atom is -0.383 e. The van der Waals surface area contributed by atoms with E-state index in [2.05, 4.69) is 9.97 Å². The van der Waals surface area contributed by atoms with Crippen molar-refractivity contribution < 1.29 is 4.92 Å². The van der Waals surface area contributed by atoms with E-state index >= 15 is 0 Å². The molecule has 2 N–H and O–H groups in total. The van der Waals surface area contributed by atoms with Gasteiger partial charge in [-0.15, -0.1) is 0 Å². The first-order valence-corrected chi connectivity index (χ1v) is 7.06. The van der Waals surface area contributed by atoms with Crippen molar-refractivity contribution in [3.8, 4) is 11.4 Å². The summed E-state index contributed by atoms with van der Waals surface area (Å²) in [5, 5.41) is 11.1. The van der Waals surface area contributed by atoms with Crippen LogP contribution in [0, 0.1) is 10.1 Å². The third-order valence-electron chi connectivity index (χ3n) is 3.81.